The Hall–Kier alpha value is -2.96. The molecule has 1 saturated carbocycles. The highest BCUT2D eigenvalue weighted by atomic mass is 19.4. The molecule has 1 aliphatic carbocycles. The largest absolute Gasteiger partial charge is 0.433 e. The van der Waals surface area contributed by atoms with Crippen molar-refractivity contribution in [2.75, 3.05) is 5.32 Å². The molecule has 3 rings (SSSR count). The van der Waals surface area contributed by atoms with Gasteiger partial charge in [-0.3, -0.25) is 4.99 Å². The van der Waals surface area contributed by atoms with Crippen LogP contribution in [0.2, 0.25) is 0 Å². The van der Waals surface area contributed by atoms with Gasteiger partial charge in [-0.1, -0.05) is 18.2 Å². The van der Waals surface area contributed by atoms with Crippen LogP contribution < -0.4 is 5.32 Å². The lowest BCUT2D eigenvalue weighted by atomic mass is 9.84. The van der Waals surface area contributed by atoms with Gasteiger partial charge in [0.15, 0.2) is 0 Å². The highest BCUT2D eigenvalue weighted by molar-refractivity contribution is 5.86. The maximum absolute atomic E-state index is 12.9. The number of allylic oxidation sites excluding steroid dienone is 2. The minimum Gasteiger partial charge on any atom is -0.324 e. The molecule has 2 aromatic rings. The van der Waals surface area contributed by atoms with Crippen LogP contribution in [0.5, 0.6) is 0 Å². The number of nitrogens with one attached hydrogen (secondary N) is 1. The van der Waals surface area contributed by atoms with Gasteiger partial charge >= 0.3 is 6.18 Å². The van der Waals surface area contributed by atoms with Crippen LogP contribution in [-0.2, 0) is 6.18 Å². The number of halogens is 3. The lowest BCUT2D eigenvalue weighted by Gasteiger charge is -2.22. The summed E-state index contributed by atoms with van der Waals surface area (Å²) in [5, 5.41) is 2.88. The number of anilines is 2. The van der Waals surface area contributed by atoms with Crippen LogP contribution in [-0.4, -0.2) is 15.7 Å². The Bertz CT molecular complexity index is 1010. The lowest BCUT2D eigenvalue weighted by Crippen LogP contribution is -2.15. The molecule has 0 radical (unpaired) electrons. The normalized spacial score (nSPS) is 16.5. The summed E-state index contributed by atoms with van der Waals surface area (Å²) in [6, 6.07) is 6.56. The highest BCUT2D eigenvalue weighted by Crippen LogP contribution is 2.30. The zero-order chi connectivity index (χ0) is 22.6. The van der Waals surface area contributed by atoms with E-state index in [0.717, 1.165) is 60.4 Å². The van der Waals surface area contributed by atoms with Gasteiger partial charge in [0, 0.05) is 23.8 Å². The maximum atomic E-state index is 12.9. The molecule has 4 nitrogen and oxygen atoms in total. The van der Waals surface area contributed by atoms with Crippen LogP contribution in [0, 0.1) is 12.8 Å². The molecule has 1 fully saturated rings. The second-order valence-electron chi connectivity index (χ2n) is 8.08. The quantitative estimate of drug-likeness (QED) is 0.408. The predicted octanol–water partition coefficient (Wildman–Crippen LogP) is 7.12. The van der Waals surface area contributed by atoms with Crippen molar-refractivity contribution in [2.24, 2.45) is 10.9 Å². The summed E-state index contributed by atoms with van der Waals surface area (Å²) in [6.07, 6.45) is 2.75. The molecule has 1 aromatic heterocycles. The standard InChI is InChI=1S/C24H27F3N4/c1-15-5-7-19(8-6-15)18(4)29-14-17(3)20-11-16(2)12-21(13-20)30-23-28-10-9-22(31-23)24(25,26)27/h9-14,19H,1,5-8H2,2-4H3,(H,28,30,31)/b17-14+,29-18?. The molecule has 7 heteroatoms. The fourth-order valence-corrected chi connectivity index (χ4v) is 3.61. The van der Waals surface area contributed by atoms with E-state index in [1.165, 1.54) is 5.57 Å². The van der Waals surface area contributed by atoms with Crippen molar-refractivity contribution in [2.45, 2.75) is 52.6 Å². The van der Waals surface area contributed by atoms with Crippen molar-refractivity contribution in [3.8, 4) is 0 Å². The molecular weight excluding hydrogens is 401 g/mol. The first-order chi connectivity index (χ1) is 14.6. The Kier molecular flexibility index (Phi) is 6.93. The van der Waals surface area contributed by atoms with Crippen molar-refractivity contribution < 1.29 is 13.2 Å². The van der Waals surface area contributed by atoms with Gasteiger partial charge in [0.1, 0.15) is 5.69 Å². The van der Waals surface area contributed by atoms with E-state index in [4.69, 9.17) is 0 Å². The number of hydrogen-bond acceptors (Lipinski definition) is 4. The molecule has 31 heavy (non-hydrogen) atoms. The number of aliphatic imine (C=N–C) groups is 1. The molecule has 1 heterocycles. The average Bonchev–Trinajstić information content (AvgIpc) is 2.71. The molecule has 0 aliphatic heterocycles. The van der Waals surface area contributed by atoms with Crippen molar-refractivity contribution >= 4 is 22.9 Å². The summed E-state index contributed by atoms with van der Waals surface area (Å²) in [6.45, 7) is 10.0. The molecule has 0 bridgehead atoms. The van der Waals surface area contributed by atoms with Gasteiger partial charge in [-0.05, 0) is 87.3 Å². The first kappa shape index (κ1) is 22.7. The first-order valence-corrected chi connectivity index (χ1v) is 10.3. The van der Waals surface area contributed by atoms with Crippen molar-refractivity contribution in [1.82, 2.24) is 9.97 Å². The van der Waals surface area contributed by atoms with Crippen LogP contribution in [0.25, 0.3) is 5.57 Å². The van der Waals surface area contributed by atoms with Crippen molar-refractivity contribution in [3.63, 3.8) is 0 Å². The predicted molar refractivity (Wildman–Crippen MR) is 119 cm³/mol. The third-order valence-corrected chi connectivity index (χ3v) is 5.48. The van der Waals surface area contributed by atoms with Crippen LogP contribution in [0.3, 0.4) is 0 Å². The molecule has 164 valence electrons. The Morgan fingerprint density at radius 3 is 2.58 bits per heavy atom. The maximum Gasteiger partial charge on any atom is 0.433 e. The molecule has 1 aliphatic rings. The molecule has 1 N–H and O–H groups in total. The SMILES string of the molecule is C=C1CCC(C(C)=N/C=C(\C)c2cc(C)cc(Nc3nccc(C(F)(F)F)n3)c2)CC1. The van der Waals surface area contributed by atoms with Crippen LogP contribution >= 0.6 is 0 Å². The fraction of sp³-hybridized carbons (Fsp3) is 0.375. The Morgan fingerprint density at radius 1 is 1.19 bits per heavy atom. The van der Waals surface area contributed by atoms with E-state index < -0.39 is 11.9 Å². The third kappa shape index (κ3) is 6.26. The van der Waals surface area contributed by atoms with Gasteiger partial charge in [-0.25, -0.2) is 9.97 Å². The van der Waals surface area contributed by atoms with Crippen molar-refractivity contribution in [1.29, 1.82) is 0 Å². The number of hydrogen-bond donors (Lipinski definition) is 1. The Morgan fingerprint density at radius 2 is 1.90 bits per heavy atom. The lowest BCUT2D eigenvalue weighted by molar-refractivity contribution is -0.141. The van der Waals surface area contributed by atoms with Gasteiger partial charge in [0.25, 0.3) is 0 Å². The van der Waals surface area contributed by atoms with E-state index in [-0.39, 0.29) is 5.95 Å². The van der Waals surface area contributed by atoms with Crippen LogP contribution in [0.15, 0.2) is 53.8 Å². The van der Waals surface area contributed by atoms with Gasteiger partial charge in [-0.2, -0.15) is 13.2 Å². The van der Waals surface area contributed by atoms with Crippen molar-refractivity contribution in [3.05, 3.63) is 65.6 Å². The second-order valence-corrected chi connectivity index (χ2v) is 8.08. The smallest absolute Gasteiger partial charge is 0.324 e. The number of benzene rings is 1. The molecular formula is C24H27F3N4. The molecule has 1 aromatic carbocycles. The van der Waals surface area contributed by atoms with E-state index in [1.54, 1.807) is 0 Å². The van der Waals surface area contributed by atoms with Crippen LogP contribution in [0.4, 0.5) is 24.8 Å². The number of nitrogens with zero attached hydrogens (tertiary/aromatic N) is 3. The molecule has 0 atom stereocenters. The minimum atomic E-state index is -4.52. The third-order valence-electron chi connectivity index (χ3n) is 5.48. The second kappa shape index (κ2) is 9.45. The summed E-state index contributed by atoms with van der Waals surface area (Å²) in [5.41, 5.74) is 4.94. The topological polar surface area (TPSA) is 50.2 Å². The van der Waals surface area contributed by atoms with E-state index in [9.17, 15) is 13.2 Å². The van der Waals surface area contributed by atoms with Crippen LogP contribution in [0.1, 0.15) is 56.4 Å². The zero-order valence-corrected chi connectivity index (χ0v) is 18.1. The molecule has 0 amide bonds. The summed E-state index contributed by atoms with van der Waals surface area (Å²) in [7, 11) is 0. The van der Waals surface area contributed by atoms with Gasteiger partial charge in [0.2, 0.25) is 5.95 Å². The van der Waals surface area contributed by atoms with Gasteiger partial charge in [0.05, 0.1) is 0 Å². The first-order valence-electron chi connectivity index (χ1n) is 10.3. The summed E-state index contributed by atoms with van der Waals surface area (Å²) < 4.78 is 38.7. The Labute approximate surface area is 181 Å². The summed E-state index contributed by atoms with van der Waals surface area (Å²) in [4.78, 5) is 12.2. The number of aryl methyl sites for hydroxylation is 1. The molecule has 0 saturated heterocycles. The Balaban J connectivity index is 1.78. The highest BCUT2D eigenvalue weighted by Gasteiger charge is 2.32. The van der Waals surface area contributed by atoms with E-state index in [2.05, 4.69) is 33.8 Å². The summed E-state index contributed by atoms with van der Waals surface area (Å²) in [5.74, 6) is 0.392. The van der Waals surface area contributed by atoms with Gasteiger partial charge in [-0.15, -0.1) is 0 Å². The van der Waals surface area contributed by atoms with E-state index in [0.29, 0.717) is 11.6 Å². The molecule has 0 unspecified atom stereocenters. The monoisotopic (exact) mass is 428 g/mol. The van der Waals surface area contributed by atoms with Gasteiger partial charge < -0.3 is 5.32 Å². The molecule has 0 spiro atoms. The van der Waals surface area contributed by atoms with E-state index in [1.807, 2.05) is 38.2 Å². The average molecular weight is 429 g/mol. The van der Waals surface area contributed by atoms with E-state index >= 15 is 0 Å². The zero-order valence-electron chi connectivity index (χ0n) is 18.1. The number of aromatic nitrogens is 2. The minimum absolute atomic E-state index is 0.0965. The number of alkyl halides is 3. The summed E-state index contributed by atoms with van der Waals surface area (Å²) >= 11 is 0. The fourth-order valence-electron chi connectivity index (χ4n) is 3.61. The number of rotatable bonds is 5.